The number of benzene rings is 2. The van der Waals surface area contributed by atoms with E-state index in [9.17, 15) is 13.2 Å². The van der Waals surface area contributed by atoms with Crippen molar-refractivity contribution in [3.05, 3.63) is 60.7 Å². The van der Waals surface area contributed by atoms with E-state index >= 15 is 0 Å². The van der Waals surface area contributed by atoms with Gasteiger partial charge in [-0.2, -0.15) is 10.2 Å². The molecule has 0 aromatic heterocycles. The zero-order chi connectivity index (χ0) is 23.7. The van der Waals surface area contributed by atoms with Crippen LogP contribution in [0.2, 0.25) is 0 Å². The van der Waals surface area contributed by atoms with Gasteiger partial charge in [-0.25, -0.2) is 13.2 Å². The molecule has 0 amide bonds. The predicted molar refractivity (Wildman–Crippen MR) is 128 cm³/mol. The summed E-state index contributed by atoms with van der Waals surface area (Å²) in [5.74, 6) is -0.135. The fraction of sp³-hybridized carbons (Fsp3) is 0.375. The molecule has 8 heteroatoms. The molecule has 0 bridgehead atoms. The zero-order valence-electron chi connectivity index (χ0n) is 19.1. The number of rotatable bonds is 11. The summed E-state index contributed by atoms with van der Waals surface area (Å²) in [6.07, 6.45) is 0.822. The number of anilines is 1. The van der Waals surface area contributed by atoms with Crippen LogP contribution in [0.25, 0.3) is 0 Å². The number of sulfone groups is 1. The first kappa shape index (κ1) is 25.3. The highest BCUT2D eigenvalue weighted by Gasteiger charge is 2.17. The summed E-state index contributed by atoms with van der Waals surface area (Å²) >= 11 is 0. The molecule has 2 aromatic carbocycles. The first-order valence-electron chi connectivity index (χ1n) is 10.5. The number of nitrogens with zero attached hydrogens (tertiary/aromatic N) is 3. The van der Waals surface area contributed by atoms with Gasteiger partial charge in [0.2, 0.25) is 0 Å². The zero-order valence-corrected chi connectivity index (χ0v) is 19.9. The number of azo groups is 1. The number of carbonyl (C=O) groups excluding carboxylic acids is 1. The van der Waals surface area contributed by atoms with Gasteiger partial charge in [-0.3, -0.25) is 0 Å². The normalized spacial score (nSPS) is 12.5. The molecule has 0 aliphatic heterocycles. The summed E-state index contributed by atoms with van der Waals surface area (Å²) in [5, 5.41) is 8.40. The van der Waals surface area contributed by atoms with E-state index in [4.69, 9.17) is 4.74 Å². The Bertz CT molecular complexity index is 1050. The molecule has 0 saturated carbocycles. The molecule has 2 rings (SSSR count). The number of carbonyl (C=O) groups is 1. The second-order valence-corrected chi connectivity index (χ2v) is 9.88. The van der Waals surface area contributed by atoms with Gasteiger partial charge in [0.1, 0.15) is 6.61 Å². The second-order valence-electron chi connectivity index (χ2n) is 7.84. The molecule has 2 aromatic rings. The predicted octanol–water partition coefficient (Wildman–Crippen LogP) is 5.48. The number of likely N-dealkylation sites (N-methyl/N-ethyl adjacent to an activating group) is 1. The minimum absolute atomic E-state index is 0.118. The maximum Gasteiger partial charge on any atom is 0.333 e. The Hall–Kier alpha value is -3.00. The topological polar surface area (TPSA) is 88.4 Å². The van der Waals surface area contributed by atoms with Crippen molar-refractivity contribution >= 4 is 32.9 Å². The van der Waals surface area contributed by atoms with Crippen molar-refractivity contribution < 1.29 is 17.9 Å². The van der Waals surface area contributed by atoms with Crippen LogP contribution in [0.4, 0.5) is 17.1 Å². The number of esters is 1. The van der Waals surface area contributed by atoms with Crippen LogP contribution < -0.4 is 4.90 Å². The SMILES string of the molecule is C=C(C)C(=O)OCCN(C)c1ccc(N=Nc2ccc(S(=O)(=O)C[C@H](C)CC)cc2)cc1. The highest BCUT2D eigenvalue weighted by molar-refractivity contribution is 7.91. The lowest BCUT2D eigenvalue weighted by Gasteiger charge is -2.19. The summed E-state index contributed by atoms with van der Waals surface area (Å²) in [5.41, 5.74) is 2.58. The second kappa shape index (κ2) is 11.6. The monoisotopic (exact) mass is 457 g/mol. The van der Waals surface area contributed by atoms with Gasteiger partial charge < -0.3 is 9.64 Å². The van der Waals surface area contributed by atoms with Crippen LogP contribution in [0.5, 0.6) is 0 Å². The van der Waals surface area contributed by atoms with E-state index in [0.717, 1.165) is 12.1 Å². The number of hydrogen-bond acceptors (Lipinski definition) is 7. The van der Waals surface area contributed by atoms with E-state index < -0.39 is 15.8 Å². The van der Waals surface area contributed by atoms with Crippen LogP contribution in [0.3, 0.4) is 0 Å². The Labute approximate surface area is 190 Å². The molecule has 0 radical (unpaired) electrons. The van der Waals surface area contributed by atoms with Gasteiger partial charge in [0, 0.05) is 18.3 Å². The van der Waals surface area contributed by atoms with Crippen molar-refractivity contribution in [1.82, 2.24) is 0 Å². The molecule has 1 atom stereocenters. The Kier molecular flexibility index (Phi) is 9.13. The van der Waals surface area contributed by atoms with Crippen LogP contribution in [0.1, 0.15) is 27.2 Å². The van der Waals surface area contributed by atoms with Crippen LogP contribution in [-0.2, 0) is 19.4 Å². The van der Waals surface area contributed by atoms with Crippen molar-refractivity contribution in [3.63, 3.8) is 0 Å². The quantitative estimate of drug-likeness (QED) is 0.253. The minimum Gasteiger partial charge on any atom is -0.460 e. The first-order valence-corrected chi connectivity index (χ1v) is 12.2. The van der Waals surface area contributed by atoms with Crippen molar-refractivity contribution in [2.75, 3.05) is 30.9 Å². The number of ether oxygens (including phenoxy) is 1. The summed E-state index contributed by atoms with van der Waals surface area (Å²) < 4.78 is 30.0. The maximum atomic E-state index is 12.4. The van der Waals surface area contributed by atoms with Gasteiger partial charge in [0.05, 0.1) is 28.6 Å². The molecule has 172 valence electrons. The molecule has 0 spiro atoms. The van der Waals surface area contributed by atoms with Crippen molar-refractivity contribution in [1.29, 1.82) is 0 Å². The molecule has 0 aliphatic rings. The van der Waals surface area contributed by atoms with E-state index in [2.05, 4.69) is 16.8 Å². The van der Waals surface area contributed by atoms with Crippen LogP contribution in [0, 0.1) is 5.92 Å². The minimum atomic E-state index is -3.29. The van der Waals surface area contributed by atoms with Crippen molar-refractivity contribution in [2.24, 2.45) is 16.1 Å². The van der Waals surface area contributed by atoms with Gasteiger partial charge in [-0.15, -0.1) is 0 Å². The highest BCUT2D eigenvalue weighted by atomic mass is 32.2. The van der Waals surface area contributed by atoms with Gasteiger partial charge in [-0.05, 0) is 61.4 Å². The smallest absolute Gasteiger partial charge is 0.333 e. The summed E-state index contributed by atoms with van der Waals surface area (Å²) in [7, 11) is -1.39. The van der Waals surface area contributed by atoms with Gasteiger partial charge in [-0.1, -0.05) is 26.8 Å². The Morgan fingerprint density at radius 1 is 1.06 bits per heavy atom. The largest absolute Gasteiger partial charge is 0.460 e. The lowest BCUT2D eigenvalue weighted by atomic mass is 10.2. The lowest BCUT2D eigenvalue weighted by molar-refractivity contribution is -0.138. The molecule has 32 heavy (non-hydrogen) atoms. The fourth-order valence-corrected chi connectivity index (χ4v) is 4.45. The van der Waals surface area contributed by atoms with Crippen molar-refractivity contribution in [2.45, 2.75) is 32.1 Å². The van der Waals surface area contributed by atoms with E-state index in [1.54, 1.807) is 31.2 Å². The standard InChI is InChI=1S/C24H31N3O4S/c1-6-19(4)17-32(29,30)23-13-9-21(10-14-23)26-25-20-7-11-22(12-8-20)27(5)15-16-31-24(28)18(2)3/h7-14,19H,2,6,15-17H2,1,3-5H3/t19-/m1/s1. The molecule has 0 unspecified atom stereocenters. The summed E-state index contributed by atoms with van der Waals surface area (Å²) in [6.45, 7) is 9.90. The number of hydrogen-bond donors (Lipinski definition) is 0. The Morgan fingerprint density at radius 3 is 2.09 bits per heavy atom. The lowest BCUT2D eigenvalue weighted by Crippen LogP contribution is -2.23. The van der Waals surface area contributed by atoms with E-state index in [1.807, 2.05) is 50.1 Å². The molecule has 7 nitrogen and oxygen atoms in total. The average molecular weight is 458 g/mol. The van der Waals surface area contributed by atoms with Crippen LogP contribution >= 0.6 is 0 Å². The highest BCUT2D eigenvalue weighted by Crippen LogP contribution is 2.24. The summed E-state index contributed by atoms with van der Waals surface area (Å²) in [4.78, 5) is 13.7. The first-order chi connectivity index (χ1) is 15.1. The molecule has 0 saturated heterocycles. The Morgan fingerprint density at radius 2 is 1.59 bits per heavy atom. The van der Waals surface area contributed by atoms with Crippen molar-refractivity contribution in [3.8, 4) is 0 Å². The third kappa shape index (κ3) is 7.60. The van der Waals surface area contributed by atoms with Crippen LogP contribution in [0.15, 0.2) is 75.8 Å². The van der Waals surface area contributed by atoms with Gasteiger partial charge in [0.25, 0.3) is 0 Å². The third-order valence-electron chi connectivity index (χ3n) is 4.98. The summed E-state index contributed by atoms with van der Waals surface area (Å²) in [6, 6.07) is 13.9. The molecule has 0 fully saturated rings. The van der Waals surface area contributed by atoms with E-state index in [1.165, 1.54) is 0 Å². The Balaban J connectivity index is 1.95. The molecular formula is C24H31N3O4S. The molecule has 0 heterocycles. The van der Waals surface area contributed by atoms with E-state index in [0.29, 0.717) is 28.4 Å². The van der Waals surface area contributed by atoms with Gasteiger partial charge in [0.15, 0.2) is 9.84 Å². The molecule has 0 aliphatic carbocycles. The van der Waals surface area contributed by atoms with Crippen LogP contribution in [-0.4, -0.2) is 40.3 Å². The van der Waals surface area contributed by atoms with Gasteiger partial charge >= 0.3 is 5.97 Å². The average Bonchev–Trinajstić information content (AvgIpc) is 2.77. The molecular weight excluding hydrogens is 426 g/mol. The third-order valence-corrected chi connectivity index (χ3v) is 6.97. The van der Waals surface area contributed by atoms with E-state index in [-0.39, 0.29) is 18.3 Å². The maximum absolute atomic E-state index is 12.4. The molecule has 0 N–H and O–H groups in total. The fourth-order valence-electron chi connectivity index (χ4n) is 2.73.